The predicted octanol–water partition coefficient (Wildman–Crippen LogP) is 7.11. The quantitative estimate of drug-likeness (QED) is 0.155. The van der Waals surface area contributed by atoms with Crippen molar-refractivity contribution >= 4 is 0 Å². The first-order chi connectivity index (χ1) is 11.8. The molecule has 0 fully saturated rings. The number of azide groups is 1. The molecule has 0 aliphatic carbocycles. The molecular weight excluding hydrogens is 298 g/mol. The number of ether oxygens (including phenoxy) is 1. The highest BCUT2D eigenvalue weighted by Crippen LogP contribution is 2.18. The lowest BCUT2D eigenvalue weighted by Crippen LogP contribution is -1.98. The van der Waals surface area contributed by atoms with E-state index in [9.17, 15) is 0 Å². The van der Waals surface area contributed by atoms with Gasteiger partial charge < -0.3 is 4.74 Å². The van der Waals surface area contributed by atoms with Crippen molar-refractivity contribution in [2.24, 2.45) is 5.11 Å². The van der Waals surface area contributed by atoms with Gasteiger partial charge in [0.15, 0.2) is 0 Å². The fourth-order valence-electron chi connectivity index (χ4n) is 2.89. The van der Waals surface area contributed by atoms with Gasteiger partial charge in [0.1, 0.15) is 5.75 Å². The molecule has 0 spiro atoms. The Hall–Kier alpha value is -1.67. The molecule has 0 aromatic heterocycles. The molecule has 0 amide bonds. The molecule has 0 bridgehead atoms. The molecule has 4 nitrogen and oxygen atoms in total. The third-order valence-corrected chi connectivity index (χ3v) is 4.19. The minimum Gasteiger partial charge on any atom is -0.494 e. The van der Waals surface area contributed by atoms with Gasteiger partial charge in [-0.05, 0) is 42.1 Å². The largest absolute Gasteiger partial charge is 0.494 e. The second-order valence-electron chi connectivity index (χ2n) is 6.57. The zero-order valence-corrected chi connectivity index (χ0v) is 15.5. The number of hydrogen-bond acceptors (Lipinski definition) is 2. The lowest BCUT2D eigenvalue weighted by atomic mass is 10.1. The van der Waals surface area contributed by atoms with Crippen molar-refractivity contribution in [3.05, 3.63) is 39.8 Å². The number of benzene rings is 1. The maximum Gasteiger partial charge on any atom is 0.119 e. The van der Waals surface area contributed by atoms with Gasteiger partial charge in [0.05, 0.1) is 13.2 Å². The summed E-state index contributed by atoms with van der Waals surface area (Å²) in [5.41, 5.74) is 10.6. The molecule has 4 heteroatoms. The Balaban J connectivity index is 2.08. The summed E-state index contributed by atoms with van der Waals surface area (Å²) < 4.78 is 5.84. The molecule has 0 N–H and O–H groups in total. The summed E-state index contributed by atoms with van der Waals surface area (Å²) in [6.45, 7) is 5.45. The molecule has 0 saturated heterocycles. The smallest absolute Gasteiger partial charge is 0.119 e. The van der Waals surface area contributed by atoms with Crippen LogP contribution in [0, 0.1) is 6.92 Å². The Morgan fingerprint density at radius 2 is 1.54 bits per heavy atom. The lowest BCUT2D eigenvalue weighted by molar-refractivity contribution is 0.304. The molecule has 1 rings (SSSR count). The molecule has 0 unspecified atom stereocenters. The van der Waals surface area contributed by atoms with Crippen molar-refractivity contribution in [3.8, 4) is 5.75 Å². The molecule has 0 saturated carbocycles. The predicted molar refractivity (Wildman–Crippen MR) is 101 cm³/mol. The van der Waals surface area contributed by atoms with E-state index in [4.69, 9.17) is 10.3 Å². The summed E-state index contributed by atoms with van der Waals surface area (Å²) in [7, 11) is 0. The van der Waals surface area contributed by atoms with Crippen LogP contribution >= 0.6 is 0 Å². The van der Waals surface area contributed by atoms with Crippen LogP contribution in [0.3, 0.4) is 0 Å². The van der Waals surface area contributed by atoms with Crippen LogP contribution in [0.4, 0.5) is 0 Å². The number of nitrogens with zero attached hydrogens (tertiary/aromatic N) is 3. The molecule has 1 aromatic rings. The zero-order valence-electron chi connectivity index (χ0n) is 15.5. The van der Waals surface area contributed by atoms with Crippen LogP contribution in [-0.4, -0.2) is 6.61 Å². The maximum absolute atomic E-state index is 8.41. The van der Waals surface area contributed by atoms with Gasteiger partial charge in [-0.2, -0.15) is 0 Å². The number of unbranched alkanes of at least 4 members (excludes halogenated alkanes) is 9. The van der Waals surface area contributed by atoms with E-state index in [1.165, 1.54) is 57.8 Å². The van der Waals surface area contributed by atoms with E-state index in [1.54, 1.807) is 0 Å². The van der Waals surface area contributed by atoms with Crippen molar-refractivity contribution in [2.75, 3.05) is 6.61 Å². The zero-order chi connectivity index (χ0) is 17.5. The van der Waals surface area contributed by atoms with E-state index in [1.807, 2.05) is 25.1 Å². The average Bonchev–Trinajstić information content (AvgIpc) is 2.57. The minimum absolute atomic E-state index is 0.382. The summed E-state index contributed by atoms with van der Waals surface area (Å²) in [6, 6.07) is 6.04. The maximum atomic E-state index is 8.41. The molecule has 0 radical (unpaired) electrons. The highest BCUT2D eigenvalue weighted by atomic mass is 16.5. The Kier molecular flexibility index (Phi) is 11.7. The van der Waals surface area contributed by atoms with E-state index in [0.29, 0.717) is 6.54 Å². The summed E-state index contributed by atoms with van der Waals surface area (Å²) in [5, 5.41) is 3.61. The van der Waals surface area contributed by atoms with E-state index in [-0.39, 0.29) is 0 Å². The fraction of sp³-hybridized carbons (Fsp3) is 0.700. The van der Waals surface area contributed by atoms with Gasteiger partial charge in [0.25, 0.3) is 0 Å². The first-order valence-corrected chi connectivity index (χ1v) is 9.50. The van der Waals surface area contributed by atoms with Crippen LogP contribution in [0.15, 0.2) is 23.3 Å². The molecule has 0 aliphatic rings. The van der Waals surface area contributed by atoms with Crippen molar-refractivity contribution in [1.82, 2.24) is 0 Å². The highest BCUT2D eigenvalue weighted by Gasteiger charge is 2.00. The van der Waals surface area contributed by atoms with Crippen molar-refractivity contribution in [1.29, 1.82) is 0 Å². The van der Waals surface area contributed by atoms with Crippen LogP contribution in [0.2, 0.25) is 0 Å². The van der Waals surface area contributed by atoms with Crippen molar-refractivity contribution in [3.63, 3.8) is 0 Å². The Morgan fingerprint density at radius 1 is 0.917 bits per heavy atom. The standard InChI is InChI=1S/C20H33N3O/c1-3-4-5-6-7-8-9-10-11-12-13-24-20-15-18(2)14-19(16-20)17-22-23-21/h14-16H,3-13,17H2,1-2H3. The Bertz CT molecular complexity index is 496. The third kappa shape index (κ3) is 10.2. The lowest BCUT2D eigenvalue weighted by Gasteiger charge is -2.09. The van der Waals surface area contributed by atoms with E-state index >= 15 is 0 Å². The van der Waals surface area contributed by atoms with Crippen LogP contribution in [0.1, 0.15) is 82.3 Å². The third-order valence-electron chi connectivity index (χ3n) is 4.19. The van der Waals surface area contributed by atoms with Gasteiger partial charge in [0, 0.05) is 4.91 Å². The number of aryl methyl sites for hydroxylation is 1. The van der Waals surface area contributed by atoms with Crippen molar-refractivity contribution < 1.29 is 4.74 Å². The normalized spacial score (nSPS) is 10.4. The molecule has 0 heterocycles. The minimum atomic E-state index is 0.382. The van der Waals surface area contributed by atoms with Crippen LogP contribution < -0.4 is 4.74 Å². The summed E-state index contributed by atoms with van der Waals surface area (Å²) in [5.74, 6) is 0.883. The second kappa shape index (κ2) is 13.7. The van der Waals surface area contributed by atoms with Gasteiger partial charge in [-0.1, -0.05) is 75.9 Å². The average molecular weight is 332 g/mol. The molecule has 134 valence electrons. The monoisotopic (exact) mass is 331 g/mol. The van der Waals surface area contributed by atoms with Gasteiger partial charge in [-0.15, -0.1) is 0 Å². The first-order valence-electron chi connectivity index (χ1n) is 9.50. The Morgan fingerprint density at radius 3 is 2.17 bits per heavy atom. The van der Waals surface area contributed by atoms with Crippen LogP contribution in [0.5, 0.6) is 5.75 Å². The Labute approximate surface area is 147 Å². The van der Waals surface area contributed by atoms with Gasteiger partial charge >= 0.3 is 0 Å². The summed E-state index contributed by atoms with van der Waals surface area (Å²) in [4.78, 5) is 2.81. The van der Waals surface area contributed by atoms with E-state index in [2.05, 4.69) is 16.9 Å². The molecular formula is C20H33N3O. The van der Waals surface area contributed by atoms with E-state index < -0.39 is 0 Å². The van der Waals surface area contributed by atoms with Gasteiger partial charge in [0.2, 0.25) is 0 Å². The van der Waals surface area contributed by atoms with Crippen LogP contribution in [-0.2, 0) is 6.54 Å². The second-order valence-corrected chi connectivity index (χ2v) is 6.57. The van der Waals surface area contributed by atoms with Crippen molar-refractivity contribution in [2.45, 2.75) is 84.6 Å². The molecule has 24 heavy (non-hydrogen) atoms. The SMILES string of the molecule is CCCCCCCCCCCCOc1cc(C)cc(CN=[N+]=[N-])c1. The molecule has 0 atom stereocenters. The number of hydrogen-bond donors (Lipinski definition) is 0. The fourth-order valence-corrected chi connectivity index (χ4v) is 2.89. The van der Waals surface area contributed by atoms with Gasteiger partial charge in [-0.25, -0.2) is 0 Å². The van der Waals surface area contributed by atoms with Gasteiger partial charge in [-0.3, -0.25) is 0 Å². The van der Waals surface area contributed by atoms with E-state index in [0.717, 1.165) is 29.9 Å². The van der Waals surface area contributed by atoms with Crippen LogP contribution in [0.25, 0.3) is 10.4 Å². The summed E-state index contributed by atoms with van der Waals surface area (Å²) in [6.07, 6.45) is 13.3. The number of rotatable bonds is 14. The molecule has 1 aromatic carbocycles. The summed E-state index contributed by atoms with van der Waals surface area (Å²) >= 11 is 0. The first kappa shape index (κ1) is 20.4. The topological polar surface area (TPSA) is 58.0 Å². The highest BCUT2D eigenvalue weighted by molar-refractivity contribution is 5.33. The molecule has 0 aliphatic heterocycles.